The van der Waals surface area contributed by atoms with Crippen LogP contribution in [0.3, 0.4) is 0 Å². The number of piperidine rings is 1. The Hall–Kier alpha value is -1.91. The van der Waals surface area contributed by atoms with Gasteiger partial charge in [0.25, 0.3) is 0 Å². The molecule has 1 fully saturated rings. The lowest BCUT2D eigenvalue weighted by Crippen LogP contribution is -2.37. The summed E-state index contributed by atoms with van der Waals surface area (Å²) in [5.41, 5.74) is 8.24. The number of rotatable bonds is 5. The first kappa shape index (κ1) is 16.0. The molecule has 0 radical (unpaired) electrons. The maximum absolute atomic E-state index is 5.82. The highest BCUT2D eigenvalue weighted by atomic mass is 15.2. The largest absolute Gasteiger partial charge is 0.330 e. The van der Waals surface area contributed by atoms with E-state index in [0.717, 1.165) is 31.1 Å². The van der Waals surface area contributed by atoms with Gasteiger partial charge in [-0.05, 0) is 55.6 Å². The molecule has 2 heterocycles. The molecule has 4 nitrogen and oxygen atoms in total. The first-order valence-electron chi connectivity index (χ1n) is 8.42. The van der Waals surface area contributed by atoms with Crippen LogP contribution in [0.5, 0.6) is 0 Å². The fourth-order valence-corrected chi connectivity index (χ4v) is 3.24. The topological polar surface area (TPSA) is 45.4 Å². The summed E-state index contributed by atoms with van der Waals surface area (Å²) in [6.07, 6.45) is 4.52. The molecule has 1 aliphatic rings. The summed E-state index contributed by atoms with van der Waals surface area (Å²) in [6.45, 7) is 4.05. The van der Waals surface area contributed by atoms with Gasteiger partial charge >= 0.3 is 0 Å². The zero-order valence-electron chi connectivity index (χ0n) is 13.9. The highest BCUT2D eigenvalue weighted by molar-refractivity contribution is 5.58. The molecule has 0 amide bonds. The van der Waals surface area contributed by atoms with Gasteiger partial charge in [0.1, 0.15) is 5.82 Å². The second kappa shape index (κ2) is 7.57. The zero-order chi connectivity index (χ0) is 16.1. The van der Waals surface area contributed by atoms with Gasteiger partial charge in [-0.15, -0.1) is 0 Å². The van der Waals surface area contributed by atoms with Crippen LogP contribution in [-0.4, -0.2) is 36.6 Å². The Morgan fingerprint density at radius 2 is 2.04 bits per heavy atom. The van der Waals surface area contributed by atoms with E-state index in [1.807, 2.05) is 31.4 Å². The van der Waals surface area contributed by atoms with E-state index in [-0.39, 0.29) is 0 Å². The van der Waals surface area contributed by atoms with Crippen molar-refractivity contribution < 1.29 is 0 Å². The van der Waals surface area contributed by atoms with Crippen LogP contribution in [0, 0.1) is 5.92 Å². The molecule has 0 bridgehead atoms. The number of benzene rings is 1. The molecule has 1 aliphatic heterocycles. The maximum atomic E-state index is 5.82. The zero-order valence-corrected chi connectivity index (χ0v) is 13.9. The van der Waals surface area contributed by atoms with Gasteiger partial charge in [-0.2, -0.15) is 0 Å². The van der Waals surface area contributed by atoms with Crippen LogP contribution in [0.25, 0.3) is 0 Å². The van der Waals surface area contributed by atoms with Crippen LogP contribution in [0.1, 0.15) is 18.4 Å². The van der Waals surface area contributed by atoms with Crippen molar-refractivity contribution >= 4 is 11.5 Å². The minimum atomic E-state index is 0.653. The van der Waals surface area contributed by atoms with E-state index >= 15 is 0 Å². The molecule has 1 saturated heterocycles. The maximum Gasteiger partial charge on any atom is 0.132 e. The number of aromatic nitrogens is 1. The fourth-order valence-electron chi connectivity index (χ4n) is 3.24. The Labute approximate surface area is 138 Å². The van der Waals surface area contributed by atoms with Crippen molar-refractivity contribution in [3.63, 3.8) is 0 Å². The molecule has 1 aromatic heterocycles. The standard InChI is InChI=1S/C19H26N4/c1-22(18-7-3-2-4-8-18)19-10-9-17(13-21-19)15-23-11-5-6-16(12-20)14-23/h2-4,7-10,13,16H,5-6,11-12,14-15,20H2,1H3. The lowest BCUT2D eigenvalue weighted by Gasteiger charge is -2.32. The van der Waals surface area contributed by atoms with Crippen molar-refractivity contribution in [2.45, 2.75) is 19.4 Å². The number of anilines is 2. The molecular weight excluding hydrogens is 284 g/mol. The highest BCUT2D eigenvalue weighted by Crippen LogP contribution is 2.22. The number of nitrogens with zero attached hydrogens (tertiary/aromatic N) is 3. The molecule has 23 heavy (non-hydrogen) atoms. The van der Waals surface area contributed by atoms with Crippen LogP contribution in [0.15, 0.2) is 48.7 Å². The van der Waals surface area contributed by atoms with Crippen molar-refractivity contribution in [3.8, 4) is 0 Å². The number of pyridine rings is 1. The molecule has 2 N–H and O–H groups in total. The fraction of sp³-hybridized carbons (Fsp3) is 0.421. The van der Waals surface area contributed by atoms with Gasteiger partial charge < -0.3 is 10.6 Å². The first-order chi connectivity index (χ1) is 11.3. The molecule has 1 atom stereocenters. The SMILES string of the molecule is CN(c1ccccc1)c1ccc(CN2CCCC(CN)C2)cn1. The van der Waals surface area contributed by atoms with Crippen molar-refractivity contribution in [2.24, 2.45) is 11.7 Å². The smallest absolute Gasteiger partial charge is 0.132 e. The Kier molecular flexibility index (Phi) is 5.26. The second-order valence-corrected chi connectivity index (χ2v) is 6.40. The van der Waals surface area contributed by atoms with E-state index in [2.05, 4.69) is 39.0 Å². The molecule has 0 spiro atoms. The van der Waals surface area contributed by atoms with Gasteiger partial charge in [-0.1, -0.05) is 24.3 Å². The molecule has 4 heteroatoms. The quantitative estimate of drug-likeness (QED) is 0.922. The minimum absolute atomic E-state index is 0.653. The van der Waals surface area contributed by atoms with E-state index in [0.29, 0.717) is 5.92 Å². The third kappa shape index (κ3) is 4.09. The van der Waals surface area contributed by atoms with Crippen LogP contribution in [0.2, 0.25) is 0 Å². The van der Waals surface area contributed by atoms with Gasteiger partial charge in [0.2, 0.25) is 0 Å². The van der Waals surface area contributed by atoms with Crippen LogP contribution >= 0.6 is 0 Å². The Morgan fingerprint density at radius 1 is 1.22 bits per heavy atom. The summed E-state index contributed by atoms with van der Waals surface area (Å²) in [6, 6.07) is 14.6. The Morgan fingerprint density at radius 3 is 2.74 bits per heavy atom. The Balaban J connectivity index is 1.63. The van der Waals surface area contributed by atoms with Crippen molar-refractivity contribution in [3.05, 3.63) is 54.2 Å². The molecule has 1 aromatic carbocycles. The van der Waals surface area contributed by atoms with Gasteiger partial charge in [0.15, 0.2) is 0 Å². The predicted octanol–water partition coefficient (Wildman–Crippen LogP) is 3.02. The van der Waals surface area contributed by atoms with Gasteiger partial charge in [0, 0.05) is 32.0 Å². The lowest BCUT2D eigenvalue weighted by atomic mass is 9.98. The number of hydrogen-bond acceptors (Lipinski definition) is 4. The third-order valence-corrected chi connectivity index (χ3v) is 4.64. The highest BCUT2D eigenvalue weighted by Gasteiger charge is 2.18. The van der Waals surface area contributed by atoms with Crippen molar-refractivity contribution in [1.29, 1.82) is 0 Å². The van der Waals surface area contributed by atoms with E-state index in [1.165, 1.54) is 24.9 Å². The predicted molar refractivity (Wildman–Crippen MR) is 95.8 cm³/mol. The Bertz CT molecular complexity index is 597. The molecular formula is C19H26N4. The normalized spacial score (nSPS) is 18.8. The van der Waals surface area contributed by atoms with E-state index in [9.17, 15) is 0 Å². The van der Waals surface area contributed by atoms with E-state index in [4.69, 9.17) is 5.73 Å². The van der Waals surface area contributed by atoms with E-state index < -0.39 is 0 Å². The third-order valence-electron chi connectivity index (χ3n) is 4.64. The summed E-state index contributed by atoms with van der Waals surface area (Å²) in [5, 5.41) is 0. The van der Waals surface area contributed by atoms with Crippen LogP contribution in [-0.2, 0) is 6.54 Å². The van der Waals surface area contributed by atoms with Gasteiger partial charge in [-0.25, -0.2) is 4.98 Å². The summed E-state index contributed by atoms with van der Waals surface area (Å²) in [7, 11) is 2.05. The van der Waals surface area contributed by atoms with Gasteiger partial charge in [0.05, 0.1) is 0 Å². The van der Waals surface area contributed by atoms with Crippen molar-refractivity contribution in [1.82, 2.24) is 9.88 Å². The van der Waals surface area contributed by atoms with Crippen LogP contribution < -0.4 is 10.6 Å². The molecule has 3 rings (SSSR count). The van der Waals surface area contributed by atoms with Crippen molar-refractivity contribution in [2.75, 3.05) is 31.6 Å². The molecule has 0 aliphatic carbocycles. The summed E-state index contributed by atoms with van der Waals surface area (Å²) in [5.74, 6) is 1.62. The summed E-state index contributed by atoms with van der Waals surface area (Å²) >= 11 is 0. The first-order valence-corrected chi connectivity index (χ1v) is 8.42. The number of para-hydroxylation sites is 1. The number of nitrogens with two attached hydrogens (primary N) is 1. The molecule has 122 valence electrons. The average molecular weight is 310 g/mol. The molecule has 2 aromatic rings. The summed E-state index contributed by atoms with van der Waals surface area (Å²) in [4.78, 5) is 9.24. The second-order valence-electron chi connectivity index (χ2n) is 6.40. The van der Waals surface area contributed by atoms with Crippen LogP contribution in [0.4, 0.5) is 11.5 Å². The van der Waals surface area contributed by atoms with Gasteiger partial charge in [-0.3, -0.25) is 4.90 Å². The monoisotopic (exact) mass is 310 g/mol. The minimum Gasteiger partial charge on any atom is -0.330 e. The lowest BCUT2D eigenvalue weighted by molar-refractivity contribution is 0.171. The average Bonchev–Trinajstić information content (AvgIpc) is 2.63. The number of likely N-dealkylation sites (tertiary alicyclic amines) is 1. The molecule has 0 saturated carbocycles. The molecule has 1 unspecified atom stereocenters. The van der Waals surface area contributed by atoms with E-state index in [1.54, 1.807) is 0 Å². The number of hydrogen-bond donors (Lipinski definition) is 1. The summed E-state index contributed by atoms with van der Waals surface area (Å²) < 4.78 is 0.